The molecule has 165 valence electrons. The molecule has 5 atom stereocenters. The minimum atomic E-state index is 0. The third kappa shape index (κ3) is 6.87. The van der Waals surface area contributed by atoms with Crippen LogP contribution in [0, 0.1) is 12.0 Å². The predicted molar refractivity (Wildman–Crippen MR) is 118 cm³/mol. The molecule has 4 aliphatic rings. The Labute approximate surface area is 191 Å². The molecule has 1 aliphatic carbocycles. The van der Waals surface area contributed by atoms with Crippen LogP contribution < -0.4 is 0 Å². The van der Waals surface area contributed by atoms with Gasteiger partial charge >= 0.3 is 0 Å². The fourth-order valence-electron chi connectivity index (χ4n) is 5.50. The van der Waals surface area contributed by atoms with Gasteiger partial charge in [0.2, 0.25) is 0 Å². The van der Waals surface area contributed by atoms with Crippen LogP contribution in [0.4, 0.5) is 0 Å². The summed E-state index contributed by atoms with van der Waals surface area (Å²) in [6.45, 7) is 2.19. The van der Waals surface area contributed by atoms with Crippen molar-refractivity contribution in [3.05, 3.63) is 51.8 Å². The van der Waals surface area contributed by atoms with Gasteiger partial charge in [-0.1, -0.05) is 83.0 Å². The molecule has 3 aliphatic heterocycles. The summed E-state index contributed by atoms with van der Waals surface area (Å²) in [5, 5.41) is 14.4. The molecule has 3 saturated heterocycles. The number of piperidine rings is 3. The van der Waals surface area contributed by atoms with Gasteiger partial charge in [0.25, 0.3) is 0 Å². The molecule has 0 bridgehead atoms. The molecule has 0 spiro atoms. The number of hydrogen-bond donors (Lipinski definition) is 0. The zero-order valence-corrected chi connectivity index (χ0v) is 20.2. The van der Waals surface area contributed by atoms with Crippen LogP contribution in [-0.2, 0) is 20.1 Å². The van der Waals surface area contributed by atoms with Crippen LogP contribution in [0.25, 0.3) is 16.0 Å². The van der Waals surface area contributed by atoms with Crippen molar-refractivity contribution < 1.29 is 20.1 Å². The van der Waals surface area contributed by atoms with E-state index in [-0.39, 0.29) is 20.1 Å². The first-order valence-electron chi connectivity index (χ1n) is 11.9. The van der Waals surface area contributed by atoms with E-state index in [1.54, 1.807) is 0 Å². The van der Waals surface area contributed by atoms with Crippen LogP contribution in [0.15, 0.2) is 24.3 Å². The van der Waals surface area contributed by atoms with E-state index in [0.717, 1.165) is 19.0 Å². The van der Waals surface area contributed by atoms with Crippen LogP contribution in [0.2, 0.25) is 0 Å². The molecule has 1 saturated carbocycles. The third-order valence-electron chi connectivity index (χ3n) is 7.13. The molecule has 3 heterocycles. The maximum absolute atomic E-state index is 5.04. The number of fused-ring (bicyclic) bond motifs is 1. The SMILES string of the molecule is C1CCC(C2CCCC[N-]2)[N-]C1.[Ir].[c-]1ccccc1C1CCC2CCCCC2[N-]1. The zero-order valence-electron chi connectivity index (χ0n) is 17.8. The maximum atomic E-state index is 5.04. The summed E-state index contributed by atoms with van der Waals surface area (Å²) in [6, 6.07) is 13.9. The van der Waals surface area contributed by atoms with Crippen molar-refractivity contribution in [2.24, 2.45) is 5.92 Å². The smallest absolute Gasteiger partial charge is 0 e. The van der Waals surface area contributed by atoms with Crippen LogP contribution >= 0.6 is 0 Å². The first-order valence-corrected chi connectivity index (χ1v) is 11.9. The number of hydrogen-bond acceptors (Lipinski definition) is 0. The third-order valence-corrected chi connectivity index (χ3v) is 7.13. The first-order chi connectivity index (χ1) is 13.9. The van der Waals surface area contributed by atoms with E-state index in [1.165, 1.54) is 82.6 Å². The molecule has 4 fully saturated rings. The van der Waals surface area contributed by atoms with Crippen molar-refractivity contribution >= 4 is 0 Å². The summed E-state index contributed by atoms with van der Waals surface area (Å²) in [5.41, 5.74) is 1.30. The Morgan fingerprint density at radius 1 is 0.690 bits per heavy atom. The van der Waals surface area contributed by atoms with E-state index in [9.17, 15) is 0 Å². The fourth-order valence-corrected chi connectivity index (χ4v) is 5.50. The van der Waals surface area contributed by atoms with Crippen LogP contribution in [0.5, 0.6) is 0 Å². The van der Waals surface area contributed by atoms with Gasteiger partial charge in [-0.05, 0) is 0 Å². The molecule has 5 rings (SSSR count). The summed E-state index contributed by atoms with van der Waals surface area (Å²) >= 11 is 0. The second kappa shape index (κ2) is 12.6. The van der Waals surface area contributed by atoms with Crippen molar-refractivity contribution in [2.75, 3.05) is 13.1 Å². The standard InChI is InChI=1S/C15H19N.C10H18N2.Ir/c1-2-6-12(7-3-1)15-11-10-13-8-4-5-9-14(13)16-15;1-3-7-11-9(5-1)10-6-2-4-8-12-10;/h1-3,6,13-15H,4-5,8-11H2;9-10H,1-8H2;/q2*-2;. The van der Waals surface area contributed by atoms with Crippen molar-refractivity contribution in [3.8, 4) is 0 Å². The van der Waals surface area contributed by atoms with Crippen molar-refractivity contribution in [3.63, 3.8) is 0 Å². The van der Waals surface area contributed by atoms with Crippen molar-refractivity contribution in [2.45, 2.75) is 101 Å². The average molecular weight is 572 g/mol. The Morgan fingerprint density at radius 3 is 1.97 bits per heavy atom. The minimum Gasteiger partial charge on any atom is -0.661 e. The van der Waals surface area contributed by atoms with Gasteiger partial charge in [0.05, 0.1) is 0 Å². The van der Waals surface area contributed by atoms with Gasteiger partial charge in [-0.15, -0.1) is 25.2 Å². The molecular weight excluding hydrogens is 535 g/mol. The van der Waals surface area contributed by atoms with Crippen molar-refractivity contribution in [1.29, 1.82) is 0 Å². The van der Waals surface area contributed by atoms with E-state index >= 15 is 0 Å². The summed E-state index contributed by atoms with van der Waals surface area (Å²) in [6.07, 6.45) is 16.1. The van der Waals surface area contributed by atoms with Gasteiger partial charge in [0, 0.05) is 20.1 Å². The largest absolute Gasteiger partial charge is 0.661 e. The summed E-state index contributed by atoms with van der Waals surface area (Å²) in [7, 11) is 0. The van der Waals surface area contributed by atoms with Crippen LogP contribution in [-0.4, -0.2) is 31.2 Å². The molecule has 0 amide bonds. The molecule has 1 radical (unpaired) electrons. The molecule has 0 N–H and O–H groups in total. The van der Waals surface area contributed by atoms with E-state index in [1.807, 2.05) is 12.1 Å². The van der Waals surface area contributed by atoms with Gasteiger partial charge in [0.15, 0.2) is 0 Å². The second-order valence-electron chi connectivity index (χ2n) is 9.11. The van der Waals surface area contributed by atoms with E-state index < -0.39 is 0 Å². The minimum absolute atomic E-state index is 0. The molecule has 4 heteroatoms. The molecule has 29 heavy (non-hydrogen) atoms. The molecule has 3 nitrogen and oxygen atoms in total. The molecule has 0 aromatic heterocycles. The zero-order chi connectivity index (χ0) is 19.0. The number of benzene rings is 1. The summed E-state index contributed by atoms with van der Waals surface area (Å²) in [4.78, 5) is 0. The molecule has 1 aromatic rings. The van der Waals surface area contributed by atoms with E-state index in [0.29, 0.717) is 24.2 Å². The Balaban J connectivity index is 0.000000167. The Kier molecular flexibility index (Phi) is 10.1. The number of rotatable bonds is 2. The molecule has 1 aromatic carbocycles. The second-order valence-corrected chi connectivity index (χ2v) is 9.11. The van der Waals surface area contributed by atoms with Gasteiger partial charge in [0.1, 0.15) is 0 Å². The van der Waals surface area contributed by atoms with Crippen molar-refractivity contribution in [1.82, 2.24) is 0 Å². The van der Waals surface area contributed by atoms with Crippen LogP contribution in [0.3, 0.4) is 0 Å². The predicted octanol–water partition coefficient (Wildman–Crippen LogP) is 7.09. The van der Waals surface area contributed by atoms with E-state index in [4.69, 9.17) is 5.32 Å². The van der Waals surface area contributed by atoms with Gasteiger partial charge in [-0.3, -0.25) is 0 Å². The quantitative estimate of drug-likeness (QED) is 0.340. The fraction of sp³-hybridized carbons (Fsp3) is 0.760. The molecule has 5 unspecified atom stereocenters. The number of nitrogens with zero attached hydrogens (tertiary/aromatic N) is 3. The van der Waals surface area contributed by atoms with E-state index in [2.05, 4.69) is 28.8 Å². The van der Waals surface area contributed by atoms with Gasteiger partial charge in [-0.25, -0.2) is 0 Å². The first kappa shape index (κ1) is 23.4. The average Bonchev–Trinajstić information content (AvgIpc) is 2.81. The van der Waals surface area contributed by atoms with Gasteiger partial charge in [-0.2, -0.15) is 48.0 Å². The Morgan fingerprint density at radius 2 is 1.34 bits per heavy atom. The monoisotopic (exact) mass is 572 g/mol. The normalized spacial score (nSPS) is 34.7. The van der Waals surface area contributed by atoms with Gasteiger partial charge < -0.3 is 16.0 Å². The Bertz CT molecular complexity index is 538. The summed E-state index contributed by atoms with van der Waals surface area (Å²) in [5.74, 6) is 0.897. The summed E-state index contributed by atoms with van der Waals surface area (Å²) < 4.78 is 0. The molecular formula is C25H37IrN3-4. The van der Waals surface area contributed by atoms with Crippen LogP contribution in [0.1, 0.15) is 88.7 Å². The topological polar surface area (TPSA) is 42.3 Å². The Hall–Kier alpha value is -0.251. The maximum Gasteiger partial charge on any atom is 0 e.